The summed E-state index contributed by atoms with van der Waals surface area (Å²) in [5.74, 6) is 0. The van der Waals surface area contributed by atoms with Crippen LogP contribution in [0.25, 0.3) is 11.0 Å². The average Bonchev–Trinajstić information content (AvgIpc) is 2.95. The maximum absolute atomic E-state index is 4.48. The number of aryl methyl sites for hydroxylation is 3. The Morgan fingerprint density at radius 1 is 1.15 bits per heavy atom. The van der Waals surface area contributed by atoms with Crippen LogP contribution in [-0.4, -0.2) is 24.5 Å². The lowest BCUT2D eigenvalue weighted by Gasteiger charge is -2.03. The first-order valence-corrected chi connectivity index (χ1v) is 6.60. The third kappa shape index (κ3) is 2.42. The van der Waals surface area contributed by atoms with Gasteiger partial charge in [0, 0.05) is 50.5 Å². The fourth-order valence-corrected chi connectivity index (χ4v) is 2.36. The number of hydrogen-bond donors (Lipinski definition) is 1. The van der Waals surface area contributed by atoms with E-state index in [1.807, 2.05) is 49.0 Å². The van der Waals surface area contributed by atoms with Gasteiger partial charge in [0.15, 0.2) is 5.65 Å². The quantitative estimate of drug-likeness (QED) is 0.776. The number of nitrogens with one attached hydrogen (secondary N) is 1. The normalized spacial score (nSPS) is 11.3. The fourth-order valence-electron chi connectivity index (χ4n) is 2.36. The zero-order valence-corrected chi connectivity index (χ0v) is 12.0. The molecule has 6 nitrogen and oxygen atoms in total. The van der Waals surface area contributed by atoms with Crippen LogP contribution in [0.2, 0.25) is 0 Å². The van der Waals surface area contributed by atoms with Crippen LogP contribution in [0.5, 0.6) is 0 Å². The summed E-state index contributed by atoms with van der Waals surface area (Å²) < 4.78 is 3.63. The van der Waals surface area contributed by atoms with Gasteiger partial charge in [-0.25, -0.2) is 4.98 Å². The SMILES string of the molecule is Cc1nn(C)c2ncc(CNCc3cnn(C)c3)cc12. The molecule has 20 heavy (non-hydrogen) atoms. The Morgan fingerprint density at radius 2 is 1.95 bits per heavy atom. The van der Waals surface area contributed by atoms with E-state index < -0.39 is 0 Å². The summed E-state index contributed by atoms with van der Waals surface area (Å²) in [6.45, 7) is 3.60. The number of rotatable bonds is 4. The number of nitrogens with zero attached hydrogens (tertiary/aromatic N) is 5. The predicted octanol–water partition coefficient (Wildman–Crippen LogP) is 1.30. The molecule has 104 valence electrons. The molecule has 0 amide bonds. The zero-order chi connectivity index (χ0) is 14.1. The molecule has 0 saturated heterocycles. The summed E-state index contributed by atoms with van der Waals surface area (Å²) >= 11 is 0. The van der Waals surface area contributed by atoms with Gasteiger partial charge < -0.3 is 5.32 Å². The van der Waals surface area contributed by atoms with Crippen molar-refractivity contribution >= 4 is 11.0 Å². The second-order valence-corrected chi connectivity index (χ2v) is 5.05. The van der Waals surface area contributed by atoms with Crippen molar-refractivity contribution in [3.8, 4) is 0 Å². The molecule has 3 heterocycles. The smallest absolute Gasteiger partial charge is 0.157 e. The van der Waals surface area contributed by atoms with E-state index in [2.05, 4.69) is 26.6 Å². The molecular weight excluding hydrogens is 252 g/mol. The first-order chi connectivity index (χ1) is 9.63. The molecule has 0 fully saturated rings. The van der Waals surface area contributed by atoms with Crippen molar-refractivity contribution < 1.29 is 0 Å². The standard InChI is InChI=1S/C14H18N6/c1-10-13-4-11(7-16-14(13)20(3)18-10)5-15-6-12-8-17-19(2)9-12/h4,7-9,15H,5-6H2,1-3H3. The van der Waals surface area contributed by atoms with Crippen LogP contribution in [0.1, 0.15) is 16.8 Å². The van der Waals surface area contributed by atoms with Crippen molar-refractivity contribution in [2.75, 3.05) is 0 Å². The molecule has 0 unspecified atom stereocenters. The van der Waals surface area contributed by atoms with Crippen LogP contribution < -0.4 is 5.32 Å². The van der Waals surface area contributed by atoms with Gasteiger partial charge in [-0.3, -0.25) is 9.36 Å². The summed E-state index contributed by atoms with van der Waals surface area (Å²) in [4.78, 5) is 4.48. The van der Waals surface area contributed by atoms with Crippen molar-refractivity contribution in [3.05, 3.63) is 41.5 Å². The highest BCUT2D eigenvalue weighted by molar-refractivity contribution is 5.78. The highest BCUT2D eigenvalue weighted by atomic mass is 15.3. The molecule has 0 bridgehead atoms. The number of pyridine rings is 1. The van der Waals surface area contributed by atoms with Crippen LogP contribution in [0.15, 0.2) is 24.7 Å². The number of aromatic nitrogens is 5. The van der Waals surface area contributed by atoms with Gasteiger partial charge in [-0.15, -0.1) is 0 Å². The largest absolute Gasteiger partial charge is 0.308 e. The molecule has 0 aliphatic rings. The highest BCUT2D eigenvalue weighted by Gasteiger charge is 2.06. The molecule has 3 rings (SSSR count). The summed E-state index contributed by atoms with van der Waals surface area (Å²) in [7, 11) is 3.84. The number of fused-ring (bicyclic) bond motifs is 1. The Morgan fingerprint density at radius 3 is 2.70 bits per heavy atom. The van der Waals surface area contributed by atoms with Crippen molar-refractivity contribution in [1.29, 1.82) is 0 Å². The topological polar surface area (TPSA) is 60.6 Å². The van der Waals surface area contributed by atoms with Crippen molar-refractivity contribution in [2.45, 2.75) is 20.0 Å². The summed E-state index contributed by atoms with van der Waals surface area (Å²) in [5.41, 5.74) is 4.29. The van der Waals surface area contributed by atoms with Crippen LogP contribution in [0.3, 0.4) is 0 Å². The first-order valence-electron chi connectivity index (χ1n) is 6.60. The van der Waals surface area contributed by atoms with Crippen LogP contribution in [-0.2, 0) is 27.2 Å². The van der Waals surface area contributed by atoms with E-state index in [0.717, 1.165) is 35.4 Å². The van der Waals surface area contributed by atoms with E-state index in [1.165, 1.54) is 5.56 Å². The molecule has 0 radical (unpaired) electrons. The maximum atomic E-state index is 4.48. The van der Waals surface area contributed by atoms with Crippen LogP contribution >= 0.6 is 0 Å². The minimum Gasteiger partial charge on any atom is -0.308 e. The molecule has 0 aromatic carbocycles. The van der Waals surface area contributed by atoms with E-state index in [4.69, 9.17) is 0 Å². The molecule has 6 heteroatoms. The Labute approximate surface area is 117 Å². The average molecular weight is 270 g/mol. The van der Waals surface area contributed by atoms with Crippen LogP contribution in [0.4, 0.5) is 0 Å². The molecular formula is C14H18N6. The Balaban J connectivity index is 1.70. The van der Waals surface area contributed by atoms with E-state index >= 15 is 0 Å². The van der Waals surface area contributed by atoms with Crippen LogP contribution in [0, 0.1) is 6.92 Å². The van der Waals surface area contributed by atoms with Crippen molar-refractivity contribution in [3.63, 3.8) is 0 Å². The summed E-state index contributed by atoms with van der Waals surface area (Å²) in [6, 6.07) is 2.15. The molecule has 3 aromatic heterocycles. The molecule has 0 saturated carbocycles. The minimum absolute atomic E-state index is 0.784. The lowest BCUT2D eigenvalue weighted by Crippen LogP contribution is -2.12. The Kier molecular flexibility index (Phi) is 3.23. The highest BCUT2D eigenvalue weighted by Crippen LogP contribution is 2.16. The predicted molar refractivity (Wildman–Crippen MR) is 77.0 cm³/mol. The maximum Gasteiger partial charge on any atom is 0.157 e. The van der Waals surface area contributed by atoms with Gasteiger partial charge >= 0.3 is 0 Å². The first kappa shape index (κ1) is 12.8. The Bertz CT molecular complexity index is 739. The third-order valence-corrected chi connectivity index (χ3v) is 3.34. The van der Waals surface area contributed by atoms with Gasteiger partial charge in [-0.05, 0) is 18.6 Å². The molecule has 0 atom stereocenters. The molecule has 0 spiro atoms. The van der Waals surface area contributed by atoms with E-state index in [9.17, 15) is 0 Å². The second kappa shape index (κ2) is 5.05. The monoisotopic (exact) mass is 270 g/mol. The Hall–Kier alpha value is -2.21. The van der Waals surface area contributed by atoms with Crippen molar-refractivity contribution in [2.24, 2.45) is 14.1 Å². The fraction of sp³-hybridized carbons (Fsp3) is 0.357. The minimum atomic E-state index is 0.784. The molecule has 0 aliphatic carbocycles. The van der Waals surface area contributed by atoms with Gasteiger partial charge in [0.2, 0.25) is 0 Å². The summed E-state index contributed by atoms with van der Waals surface area (Å²) in [5, 5.41) is 13.1. The lowest BCUT2D eigenvalue weighted by atomic mass is 10.2. The van der Waals surface area contributed by atoms with Gasteiger partial charge in [0.1, 0.15) is 0 Å². The summed E-state index contributed by atoms with van der Waals surface area (Å²) in [6.07, 6.45) is 5.79. The van der Waals surface area contributed by atoms with Gasteiger partial charge in [0.05, 0.1) is 11.9 Å². The van der Waals surface area contributed by atoms with E-state index in [-0.39, 0.29) is 0 Å². The molecule has 0 aliphatic heterocycles. The molecule has 1 N–H and O–H groups in total. The van der Waals surface area contributed by atoms with Gasteiger partial charge in [-0.2, -0.15) is 10.2 Å². The van der Waals surface area contributed by atoms with E-state index in [1.54, 1.807) is 0 Å². The van der Waals surface area contributed by atoms with Gasteiger partial charge in [0.25, 0.3) is 0 Å². The van der Waals surface area contributed by atoms with E-state index in [0.29, 0.717) is 0 Å². The second-order valence-electron chi connectivity index (χ2n) is 5.05. The van der Waals surface area contributed by atoms with Gasteiger partial charge in [-0.1, -0.05) is 0 Å². The zero-order valence-electron chi connectivity index (χ0n) is 12.0. The molecule has 3 aromatic rings. The number of hydrogen-bond acceptors (Lipinski definition) is 4. The van der Waals surface area contributed by atoms with Crippen molar-refractivity contribution in [1.82, 2.24) is 29.9 Å². The lowest BCUT2D eigenvalue weighted by molar-refractivity contribution is 0.690. The third-order valence-electron chi connectivity index (χ3n) is 3.34.